The molecule has 1 aromatic heterocycles. The Morgan fingerprint density at radius 1 is 1.14 bits per heavy atom. The van der Waals surface area contributed by atoms with Crippen molar-refractivity contribution in [3.8, 4) is 0 Å². The SMILES string of the molecule is CC(O)c1ccc(Sc2ncnc3ccccc23)c(Cl)c1. The Kier molecular flexibility index (Phi) is 4.10. The molecule has 2 aromatic carbocycles. The molecule has 0 radical (unpaired) electrons. The van der Waals surface area contributed by atoms with Crippen molar-refractivity contribution in [1.82, 2.24) is 9.97 Å². The number of nitrogens with zero attached hydrogens (tertiary/aromatic N) is 2. The van der Waals surface area contributed by atoms with Crippen molar-refractivity contribution in [3.05, 3.63) is 59.4 Å². The van der Waals surface area contributed by atoms with Crippen LogP contribution < -0.4 is 0 Å². The third-order valence-electron chi connectivity index (χ3n) is 3.15. The van der Waals surface area contributed by atoms with Gasteiger partial charge in [-0.15, -0.1) is 0 Å². The van der Waals surface area contributed by atoms with E-state index in [0.717, 1.165) is 26.4 Å². The van der Waals surface area contributed by atoms with Gasteiger partial charge in [-0.05, 0) is 30.7 Å². The molecule has 1 N–H and O–H groups in total. The summed E-state index contributed by atoms with van der Waals surface area (Å²) >= 11 is 7.80. The van der Waals surface area contributed by atoms with Gasteiger partial charge in [0, 0.05) is 10.3 Å². The van der Waals surface area contributed by atoms with Gasteiger partial charge in [-0.25, -0.2) is 9.97 Å². The molecule has 0 aliphatic rings. The van der Waals surface area contributed by atoms with Crippen LogP contribution in [0.5, 0.6) is 0 Å². The van der Waals surface area contributed by atoms with Crippen molar-refractivity contribution in [2.75, 3.05) is 0 Å². The molecule has 0 aliphatic heterocycles. The minimum Gasteiger partial charge on any atom is -0.389 e. The number of para-hydroxylation sites is 1. The molecular weight excluding hydrogens is 304 g/mol. The van der Waals surface area contributed by atoms with Gasteiger partial charge in [-0.3, -0.25) is 0 Å². The number of aromatic nitrogens is 2. The summed E-state index contributed by atoms with van der Waals surface area (Å²) in [5.74, 6) is 0. The highest BCUT2D eigenvalue weighted by Gasteiger charge is 2.10. The highest BCUT2D eigenvalue weighted by molar-refractivity contribution is 7.99. The van der Waals surface area contributed by atoms with E-state index in [1.807, 2.05) is 36.4 Å². The molecule has 0 fully saturated rings. The van der Waals surface area contributed by atoms with Crippen LogP contribution in [0.4, 0.5) is 0 Å². The topological polar surface area (TPSA) is 46.0 Å². The summed E-state index contributed by atoms with van der Waals surface area (Å²) in [6.45, 7) is 1.72. The van der Waals surface area contributed by atoms with Crippen LogP contribution in [0.15, 0.2) is 58.7 Å². The third-order valence-corrected chi connectivity index (χ3v) is 4.67. The predicted octanol–water partition coefficient (Wildman–Crippen LogP) is 4.49. The first-order valence-corrected chi connectivity index (χ1v) is 7.69. The second kappa shape index (κ2) is 6.02. The maximum absolute atomic E-state index is 9.58. The molecule has 5 heteroatoms. The number of hydrogen-bond acceptors (Lipinski definition) is 4. The van der Waals surface area contributed by atoms with Crippen LogP contribution in [0.3, 0.4) is 0 Å². The normalized spacial score (nSPS) is 12.5. The van der Waals surface area contributed by atoms with Crippen LogP contribution in [0.2, 0.25) is 5.02 Å². The van der Waals surface area contributed by atoms with Crippen molar-refractivity contribution in [2.24, 2.45) is 0 Å². The number of rotatable bonds is 3. The summed E-state index contributed by atoms with van der Waals surface area (Å²) in [6, 6.07) is 13.4. The monoisotopic (exact) mass is 316 g/mol. The van der Waals surface area contributed by atoms with E-state index in [0.29, 0.717) is 5.02 Å². The molecule has 106 valence electrons. The van der Waals surface area contributed by atoms with E-state index in [-0.39, 0.29) is 0 Å². The lowest BCUT2D eigenvalue weighted by Crippen LogP contribution is -1.91. The molecule has 0 aliphatic carbocycles. The molecule has 1 atom stereocenters. The highest BCUT2D eigenvalue weighted by atomic mass is 35.5. The van der Waals surface area contributed by atoms with Gasteiger partial charge in [0.25, 0.3) is 0 Å². The van der Waals surface area contributed by atoms with Crippen LogP contribution in [0.25, 0.3) is 10.9 Å². The van der Waals surface area contributed by atoms with E-state index in [1.165, 1.54) is 11.8 Å². The van der Waals surface area contributed by atoms with Crippen molar-refractivity contribution < 1.29 is 5.11 Å². The smallest absolute Gasteiger partial charge is 0.117 e. The molecule has 21 heavy (non-hydrogen) atoms. The van der Waals surface area contributed by atoms with Crippen LogP contribution in [-0.2, 0) is 0 Å². The fourth-order valence-corrected chi connectivity index (χ4v) is 3.21. The Morgan fingerprint density at radius 2 is 1.95 bits per heavy atom. The summed E-state index contributed by atoms with van der Waals surface area (Å²) in [4.78, 5) is 9.50. The molecule has 3 rings (SSSR count). The van der Waals surface area contributed by atoms with E-state index >= 15 is 0 Å². The molecule has 0 spiro atoms. The quantitative estimate of drug-likeness (QED) is 0.723. The van der Waals surface area contributed by atoms with Crippen molar-refractivity contribution in [1.29, 1.82) is 0 Å². The zero-order chi connectivity index (χ0) is 14.8. The molecule has 0 saturated heterocycles. The summed E-state index contributed by atoms with van der Waals surface area (Å²) in [5, 5.41) is 12.1. The lowest BCUT2D eigenvalue weighted by molar-refractivity contribution is 0.199. The van der Waals surface area contributed by atoms with E-state index < -0.39 is 6.10 Å². The second-order valence-electron chi connectivity index (χ2n) is 4.66. The van der Waals surface area contributed by atoms with Crippen molar-refractivity contribution in [2.45, 2.75) is 22.9 Å². The average Bonchev–Trinajstić information content (AvgIpc) is 2.49. The summed E-state index contributed by atoms with van der Waals surface area (Å²) in [7, 11) is 0. The first-order chi connectivity index (χ1) is 10.1. The molecule has 0 amide bonds. The third kappa shape index (κ3) is 3.02. The lowest BCUT2D eigenvalue weighted by Gasteiger charge is -2.09. The molecule has 1 unspecified atom stereocenters. The maximum atomic E-state index is 9.58. The van der Waals surface area contributed by atoms with E-state index in [1.54, 1.807) is 19.3 Å². The van der Waals surface area contributed by atoms with Gasteiger partial charge in [0.2, 0.25) is 0 Å². The largest absolute Gasteiger partial charge is 0.389 e. The highest BCUT2D eigenvalue weighted by Crippen LogP contribution is 2.36. The maximum Gasteiger partial charge on any atom is 0.117 e. The van der Waals surface area contributed by atoms with Crippen LogP contribution in [-0.4, -0.2) is 15.1 Å². The molecule has 3 aromatic rings. The number of fused-ring (bicyclic) bond motifs is 1. The van der Waals surface area contributed by atoms with Gasteiger partial charge in [0.1, 0.15) is 11.4 Å². The average molecular weight is 317 g/mol. The van der Waals surface area contributed by atoms with Crippen LogP contribution >= 0.6 is 23.4 Å². The van der Waals surface area contributed by atoms with E-state index in [4.69, 9.17) is 11.6 Å². The van der Waals surface area contributed by atoms with Gasteiger partial charge >= 0.3 is 0 Å². The molecule has 1 heterocycles. The molecule has 3 nitrogen and oxygen atoms in total. The first-order valence-electron chi connectivity index (χ1n) is 6.50. The number of aliphatic hydroxyl groups excluding tert-OH is 1. The Balaban J connectivity index is 1.99. The van der Waals surface area contributed by atoms with Crippen molar-refractivity contribution >= 4 is 34.3 Å². The Bertz CT molecular complexity index is 787. The van der Waals surface area contributed by atoms with Crippen LogP contribution in [0, 0.1) is 0 Å². The Hall–Kier alpha value is -1.62. The summed E-state index contributed by atoms with van der Waals surface area (Å²) in [6.07, 6.45) is 1.03. The first kappa shape index (κ1) is 14.3. The van der Waals surface area contributed by atoms with Crippen molar-refractivity contribution in [3.63, 3.8) is 0 Å². The van der Waals surface area contributed by atoms with E-state index in [2.05, 4.69) is 9.97 Å². The van der Waals surface area contributed by atoms with Gasteiger partial charge in [0.05, 0.1) is 16.6 Å². The number of halogens is 1. The van der Waals surface area contributed by atoms with Gasteiger partial charge in [0.15, 0.2) is 0 Å². The zero-order valence-electron chi connectivity index (χ0n) is 11.3. The van der Waals surface area contributed by atoms with Crippen LogP contribution in [0.1, 0.15) is 18.6 Å². The lowest BCUT2D eigenvalue weighted by atomic mass is 10.1. The Labute approximate surface area is 132 Å². The summed E-state index contributed by atoms with van der Waals surface area (Å²) < 4.78 is 0. The predicted molar refractivity (Wildman–Crippen MR) is 85.7 cm³/mol. The number of hydrogen-bond donors (Lipinski definition) is 1. The fourth-order valence-electron chi connectivity index (χ4n) is 2.03. The Morgan fingerprint density at radius 3 is 2.71 bits per heavy atom. The van der Waals surface area contributed by atoms with Gasteiger partial charge < -0.3 is 5.11 Å². The second-order valence-corrected chi connectivity index (χ2v) is 6.10. The van der Waals surface area contributed by atoms with E-state index in [9.17, 15) is 5.11 Å². The van der Waals surface area contributed by atoms with Gasteiger partial charge in [-0.1, -0.05) is 47.6 Å². The zero-order valence-corrected chi connectivity index (χ0v) is 12.9. The number of aliphatic hydroxyl groups is 1. The minimum atomic E-state index is -0.526. The summed E-state index contributed by atoms with van der Waals surface area (Å²) in [5.41, 5.74) is 1.71. The molecular formula is C16H13ClN2OS. The minimum absolute atomic E-state index is 0.526. The van der Waals surface area contributed by atoms with Gasteiger partial charge in [-0.2, -0.15) is 0 Å². The molecule has 0 saturated carbocycles. The number of benzene rings is 2. The standard InChI is InChI=1S/C16H13ClN2OS/c1-10(20)11-6-7-15(13(17)8-11)21-16-12-4-2-3-5-14(12)18-9-19-16/h2-10,20H,1H3. The molecule has 0 bridgehead atoms. The fraction of sp³-hybridized carbons (Fsp3) is 0.125.